The molecule has 0 bridgehead atoms. The fourth-order valence-electron chi connectivity index (χ4n) is 3.17. The van der Waals surface area contributed by atoms with Crippen LogP contribution in [0.2, 0.25) is 5.02 Å². The van der Waals surface area contributed by atoms with E-state index in [-0.39, 0.29) is 5.82 Å². The third kappa shape index (κ3) is 3.84. The van der Waals surface area contributed by atoms with Gasteiger partial charge in [0.1, 0.15) is 5.82 Å². The van der Waals surface area contributed by atoms with E-state index in [0.29, 0.717) is 23.2 Å². The minimum Gasteiger partial charge on any atom is -0.340 e. The summed E-state index contributed by atoms with van der Waals surface area (Å²) in [6, 6.07) is 7.06. The molecular formula is C18H22ClFN4. The van der Waals surface area contributed by atoms with Crippen molar-refractivity contribution >= 4 is 17.5 Å². The predicted molar refractivity (Wildman–Crippen MR) is 94.9 cm³/mol. The Morgan fingerprint density at radius 2 is 2.21 bits per heavy atom. The maximum absolute atomic E-state index is 14.0. The predicted octanol–water partition coefficient (Wildman–Crippen LogP) is 3.68. The number of hydrogen-bond acceptors (Lipinski definition) is 4. The SMILES string of the molecule is Cc1ccnc(N(C)C2CCCN(Cc3c(F)cccc3Cl)C2)n1. The average molecular weight is 349 g/mol. The monoisotopic (exact) mass is 348 g/mol. The van der Waals surface area contributed by atoms with Crippen LogP contribution in [-0.4, -0.2) is 41.0 Å². The van der Waals surface area contributed by atoms with Crippen LogP contribution in [0.5, 0.6) is 0 Å². The molecule has 1 aliphatic rings. The minimum absolute atomic E-state index is 0.236. The van der Waals surface area contributed by atoms with Gasteiger partial charge in [0, 0.05) is 48.7 Å². The van der Waals surface area contributed by atoms with Gasteiger partial charge in [0.2, 0.25) is 5.95 Å². The number of likely N-dealkylation sites (tertiary alicyclic amines) is 1. The van der Waals surface area contributed by atoms with E-state index in [9.17, 15) is 4.39 Å². The van der Waals surface area contributed by atoms with Crippen molar-refractivity contribution < 1.29 is 4.39 Å². The van der Waals surface area contributed by atoms with E-state index < -0.39 is 0 Å². The summed E-state index contributed by atoms with van der Waals surface area (Å²) in [4.78, 5) is 13.2. The van der Waals surface area contributed by atoms with Gasteiger partial charge in [-0.05, 0) is 44.5 Å². The lowest BCUT2D eigenvalue weighted by Gasteiger charge is -2.37. The second-order valence-corrected chi connectivity index (χ2v) is 6.75. The highest BCUT2D eigenvalue weighted by atomic mass is 35.5. The quantitative estimate of drug-likeness (QED) is 0.843. The number of nitrogens with zero attached hydrogens (tertiary/aromatic N) is 4. The van der Waals surface area contributed by atoms with Gasteiger partial charge in [-0.3, -0.25) is 4.90 Å². The summed E-state index contributed by atoms with van der Waals surface area (Å²) in [6.07, 6.45) is 3.93. The normalized spacial score (nSPS) is 18.6. The highest BCUT2D eigenvalue weighted by Crippen LogP contribution is 2.24. The fourth-order valence-corrected chi connectivity index (χ4v) is 3.39. The summed E-state index contributed by atoms with van der Waals surface area (Å²) in [6.45, 7) is 4.29. The van der Waals surface area contributed by atoms with E-state index in [1.165, 1.54) is 6.07 Å². The van der Waals surface area contributed by atoms with Crippen LogP contribution in [0.25, 0.3) is 0 Å². The molecule has 0 amide bonds. The van der Waals surface area contributed by atoms with Crippen LogP contribution in [0.3, 0.4) is 0 Å². The molecule has 1 fully saturated rings. The zero-order valence-electron chi connectivity index (χ0n) is 14.0. The largest absolute Gasteiger partial charge is 0.340 e. The fraction of sp³-hybridized carbons (Fsp3) is 0.444. The van der Waals surface area contributed by atoms with E-state index in [1.807, 2.05) is 20.0 Å². The van der Waals surface area contributed by atoms with Gasteiger partial charge in [0.05, 0.1) is 0 Å². The zero-order valence-corrected chi connectivity index (χ0v) is 14.8. The molecule has 2 heterocycles. The van der Waals surface area contributed by atoms with Gasteiger partial charge in [-0.1, -0.05) is 17.7 Å². The Morgan fingerprint density at radius 3 is 2.96 bits per heavy atom. The maximum atomic E-state index is 14.0. The van der Waals surface area contributed by atoms with Gasteiger partial charge in [0.15, 0.2) is 0 Å². The lowest BCUT2D eigenvalue weighted by Crippen LogP contribution is -2.46. The Kier molecular flexibility index (Phi) is 5.31. The lowest BCUT2D eigenvalue weighted by molar-refractivity contribution is 0.196. The first-order valence-corrected chi connectivity index (χ1v) is 8.60. The molecule has 24 heavy (non-hydrogen) atoms. The summed E-state index contributed by atoms with van der Waals surface area (Å²) < 4.78 is 14.0. The first-order chi connectivity index (χ1) is 11.5. The second-order valence-electron chi connectivity index (χ2n) is 6.34. The van der Waals surface area contributed by atoms with Crippen LogP contribution < -0.4 is 4.90 Å². The third-order valence-electron chi connectivity index (χ3n) is 4.57. The Balaban J connectivity index is 1.70. The molecule has 6 heteroatoms. The van der Waals surface area contributed by atoms with E-state index in [2.05, 4.69) is 19.8 Å². The summed E-state index contributed by atoms with van der Waals surface area (Å²) in [5.74, 6) is 0.505. The van der Waals surface area contributed by atoms with Crippen LogP contribution >= 0.6 is 11.6 Å². The van der Waals surface area contributed by atoms with Crippen molar-refractivity contribution in [2.24, 2.45) is 0 Å². The van der Waals surface area contributed by atoms with Gasteiger partial charge in [-0.15, -0.1) is 0 Å². The Bertz CT molecular complexity index is 689. The molecule has 1 aromatic carbocycles. The van der Waals surface area contributed by atoms with Gasteiger partial charge >= 0.3 is 0 Å². The number of hydrogen-bond donors (Lipinski definition) is 0. The van der Waals surface area contributed by atoms with Gasteiger partial charge in [-0.25, -0.2) is 14.4 Å². The molecule has 0 radical (unpaired) electrons. The first-order valence-electron chi connectivity index (χ1n) is 8.22. The number of aromatic nitrogens is 2. The van der Waals surface area contributed by atoms with E-state index in [4.69, 9.17) is 11.6 Å². The molecule has 3 rings (SSSR count). The van der Waals surface area contributed by atoms with Crippen LogP contribution in [-0.2, 0) is 6.54 Å². The lowest BCUT2D eigenvalue weighted by atomic mass is 10.0. The Labute approximate surface area is 147 Å². The molecule has 0 aliphatic carbocycles. The topological polar surface area (TPSA) is 32.3 Å². The minimum atomic E-state index is -0.236. The second kappa shape index (κ2) is 7.45. The van der Waals surface area contributed by atoms with Crippen molar-refractivity contribution in [2.45, 2.75) is 32.4 Å². The molecule has 4 nitrogen and oxygen atoms in total. The number of rotatable bonds is 4. The smallest absolute Gasteiger partial charge is 0.225 e. The number of halogens is 2. The van der Waals surface area contributed by atoms with Crippen molar-refractivity contribution in [3.8, 4) is 0 Å². The summed E-state index contributed by atoms with van der Waals surface area (Å²) in [5.41, 5.74) is 1.53. The molecule has 1 saturated heterocycles. The molecule has 1 atom stereocenters. The highest BCUT2D eigenvalue weighted by Gasteiger charge is 2.25. The molecule has 1 unspecified atom stereocenters. The zero-order chi connectivity index (χ0) is 17.1. The third-order valence-corrected chi connectivity index (χ3v) is 4.92. The summed E-state index contributed by atoms with van der Waals surface area (Å²) in [7, 11) is 2.03. The Hall–Kier alpha value is -1.72. The molecule has 1 aromatic heterocycles. The van der Waals surface area contributed by atoms with Crippen molar-refractivity contribution in [2.75, 3.05) is 25.0 Å². The number of benzene rings is 1. The Morgan fingerprint density at radius 1 is 1.38 bits per heavy atom. The number of anilines is 1. The first kappa shape index (κ1) is 17.1. The van der Waals surface area contributed by atoms with Gasteiger partial charge in [0.25, 0.3) is 0 Å². The number of likely N-dealkylation sites (N-methyl/N-ethyl adjacent to an activating group) is 1. The highest BCUT2D eigenvalue weighted by molar-refractivity contribution is 6.31. The van der Waals surface area contributed by atoms with Crippen molar-refractivity contribution in [3.05, 3.63) is 52.6 Å². The van der Waals surface area contributed by atoms with Crippen molar-refractivity contribution in [1.82, 2.24) is 14.9 Å². The van der Waals surface area contributed by atoms with Crippen LogP contribution in [0.15, 0.2) is 30.5 Å². The summed E-state index contributed by atoms with van der Waals surface area (Å²) in [5, 5.41) is 0.493. The molecule has 128 valence electrons. The number of aryl methyl sites for hydroxylation is 1. The maximum Gasteiger partial charge on any atom is 0.225 e. The molecule has 0 saturated carbocycles. The number of piperidine rings is 1. The molecular weight excluding hydrogens is 327 g/mol. The van der Waals surface area contributed by atoms with Crippen LogP contribution in [0, 0.1) is 12.7 Å². The van der Waals surface area contributed by atoms with Crippen LogP contribution in [0.1, 0.15) is 24.1 Å². The molecule has 1 aliphatic heterocycles. The molecule has 0 spiro atoms. The van der Waals surface area contributed by atoms with Crippen molar-refractivity contribution in [1.29, 1.82) is 0 Å². The van der Waals surface area contributed by atoms with Crippen molar-refractivity contribution in [3.63, 3.8) is 0 Å². The molecule has 2 aromatic rings. The van der Waals surface area contributed by atoms with E-state index in [1.54, 1.807) is 18.3 Å². The van der Waals surface area contributed by atoms with Gasteiger partial charge < -0.3 is 4.90 Å². The summed E-state index contributed by atoms with van der Waals surface area (Å²) >= 11 is 6.16. The standard InChI is InChI=1S/C18H22ClFN4/c1-13-8-9-21-18(22-13)23(2)14-5-4-10-24(11-14)12-15-16(19)6-3-7-17(15)20/h3,6-9,14H,4-5,10-12H2,1-2H3. The van der Waals surface area contributed by atoms with E-state index >= 15 is 0 Å². The van der Waals surface area contributed by atoms with E-state index in [0.717, 1.165) is 37.6 Å². The molecule has 0 N–H and O–H groups in total. The van der Waals surface area contributed by atoms with Gasteiger partial charge in [-0.2, -0.15) is 0 Å². The van der Waals surface area contributed by atoms with Crippen LogP contribution in [0.4, 0.5) is 10.3 Å². The average Bonchev–Trinajstić information content (AvgIpc) is 2.58.